The van der Waals surface area contributed by atoms with Gasteiger partial charge < -0.3 is 4.42 Å². The van der Waals surface area contributed by atoms with Crippen LogP contribution < -0.4 is 4.90 Å². The molecule has 124 valence electrons. The van der Waals surface area contributed by atoms with Crippen LogP contribution in [0.3, 0.4) is 0 Å². The van der Waals surface area contributed by atoms with Crippen LogP contribution in [0.2, 0.25) is 0 Å². The number of nitrogens with zero attached hydrogens (tertiary/aromatic N) is 2. The summed E-state index contributed by atoms with van der Waals surface area (Å²) in [6.45, 7) is 0. The predicted molar refractivity (Wildman–Crippen MR) is 97.0 cm³/mol. The molecule has 1 saturated heterocycles. The molecule has 1 aliphatic heterocycles. The standard InChI is InChI=1S/C17H10FN3O2S2/c18-12-4-2-1-3-11(12)13-6-5-10(23-13)9-14-15(22)21(16(19)25-14)17-20-7-8-24-17/h1-9,19H. The molecular weight excluding hydrogens is 361 g/mol. The normalized spacial score (nSPS) is 16.2. The maximum Gasteiger partial charge on any atom is 0.273 e. The van der Waals surface area contributed by atoms with E-state index in [4.69, 9.17) is 9.83 Å². The van der Waals surface area contributed by atoms with E-state index in [1.165, 1.54) is 22.3 Å². The quantitative estimate of drug-likeness (QED) is 0.683. The number of hydrogen-bond acceptors (Lipinski definition) is 6. The summed E-state index contributed by atoms with van der Waals surface area (Å²) in [5, 5.41) is 10.3. The molecule has 0 saturated carbocycles. The number of carbonyl (C=O) groups is 1. The van der Waals surface area contributed by atoms with Crippen molar-refractivity contribution in [1.82, 2.24) is 4.98 Å². The number of anilines is 1. The van der Waals surface area contributed by atoms with E-state index in [2.05, 4.69) is 4.98 Å². The Bertz CT molecular complexity index is 995. The van der Waals surface area contributed by atoms with Crippen molar-refractivity contribution in [3.63, 3.8) is 0 Å². The van der Waals surface area contributed by atoms with E-state index in [1.54, 1.807) is 48.0 Å². The van der Waals surface area contributed by atoms with E-state index in [9.17, 15) is 9.18 Å². The Balaban J connectivity index is 1.63. The average Bonchev–Trinajstić information content (AvgIpc) is 3.31. The zero-order chi connectivity index (χ0) is 17.4. The topological polar surface area (TPSA) is 70.2 Å². The number of benzene rings is 1. The van der Waals surface area contributed by atoms with Gasteiger partial charge in [-0.3, -0.25) is 10.2 Å². The summed E-state index contributed by atoms with van der Waals surface area (Å²) in [7, 11) is 0. The van der Waals surface area contributed by atoms with E-state index in [1.807, 2.05) is 0 Å². The molecule has 0 radical (unpaired) electrons. The summed E-state index contributed by atoms with van der Waals surface area (Å²) in [5.41, 5.74) is 0.356. The van der Waals surface area contributed by atoms with Crippen molar-refractivity contribution in [2.45, 2.75) is 0 Å². The largest absolute Gasteiger partial charge is 0.457 e. The van der Waals surface area contributed by atoms with Crippen molar-refractivity contribution in [3.8, 4) is 11.3 Å². The van der Waals surface area contributed by atoms with Gasteiger partial charge in [-0.25, -0.2) is 14.3 Å². The fourth-order valence-electron chi connectivity index (χ4n) is 2.35. The van der Waals surface area contributed by atoms with Gasteiger partial charge >= 0.3 is 0 Å². The summed E-state index contributed by atoms with van der Waals surface area (Å²) in [5.74, 6) is 0.100. The molecule has 2 aromatic heterocycles. The third-order valence-corrected chi connectivity index (χ3v) is 5.12. The Morgan fingerprint density at radius 1 is 1.24 bits per heavy atom. The van der Waals surface area contributed by atoms with Gasteiger partial charge in [-0.05, 0) is 36.0 Å². The number of thiazole rings is 1. The number of nitrogens with one attached hydrogen (secondary N) is 1. The van der Waals surface area contributed by atoms with Crippen LogP contribution >= 0.6 is 23.1 Å². The minimum absolute atomic E-state index is 0.0899. The second-order valence-electron chi connectivity index (χ2n) is 5.05. The molecule has 8 heteroatoms. The molecule has 1 aromatic carbocycles. The lowest BCUT2D eigenvalue weighted by Gasteiger charge is -2.08. The fraction of sp³-hybridized carbons (Fsp3) is 0. The number of furan rings is 1. The van der Waals surface area contributed by atoms with Gasteiger partial charge in [-0.1, -0.05) is 12.1 Å². The van der Waals surface area contributed by atoms with Gasteiger partial charge in [-0.15, -0.1) is 11.3 Å². The summed E-state index contributed by atoms with van der Waals surface area (Å²) in [4.78, 5) is 18.2. The van der Waals surface area contributed by atoms with E-state index in [0.717, 1.165) is 11.8 Å². The fourth-order valence-corrected chi connectivity index (χ4v) is 3.88. The zero-order valence-corrected chi connectivity index (χ0v) is 14.2. The molecule has 0 unspecified atom stereocenters. The van der Waals surface area contributed by atoms with Crippen LogP contribution in [0.5, 0.6) is 0 Å². The molecule has 3 heterocycles. The van der Waals surface area contributed by atoms with Gasteiger partial charge in [0.2, 0.25) is 0 Å². The maximum atomic E-state index is 13.8. The smallest absolute Gasteiger partial charge is 0.273 e. The Labute approximate surface area is 150 Å². The molecule has 4 rings (SSSR count). The van der Waals surface area contributed by atoms with Crippen LogP contribution in [0, 0.1) is 11.2 Å². The summed E-state index contributed by atoms with van der Waals surface area (Å²) >= 11 is 2.32. The molecule has 5 nitrogen and oxygen atoms in total. The van der Waals surface area contributed by atoms with Crippen LogP contribution in [0.4, 0.5) is 9.52 Å². The van der Waals surface area contributed by atoms with E-state index >= 15 is 0 Å². The molecule has 1 aliphatic rings. The summed E-state index contributed by atoms with van der Waals surface area (Å²) in [6, 6.07) is 9.64. The summed E-state index contributed by atoms with van der Waals surface area (Å²) in [6.07, 6.45) is 3.14. The van der Waals surface area contributed by atoms with Crippen LogP contribution in [-0.2, 0) is 4.79 Å². The summed E-state index contributed by atoms with van der Waals surface area (Å²) < 4.78 is 19.5. The van der Waals surface area contributed by atoms with Crippen LogP contribution in [0.25, 0.3) is 17.4 Å². The Kier molecular flexibility index (Phi) is 3.98. The molecule has 1 amide bonds. The molecular formula is C17H10FN3O2S2. The lowest BCUT2D eigenvalue weighted by molar-refractivity contribution is -0.113. The maximum absolute atomic E-state index is 13.8. The SMILES string of the molecule is N=C1SC(=Cc2ccc(-c3ccccc3F)o2)C(=O)N1c1nccs1. The minimum Gasteiger partial charge on any atom is -0.457 e. The van der Waals surface area contributed by atoms with Gasteiger partial charge in [0.1, 0.15) is 17.3 Å². The van der Waals surface area contributed by atoms with Crippen molar-refractivity contribution in [2.75, 3.05) is 4.90 Å². The van der Waals surface area contributed by atoms with Gasteiger partial charge in [0, 0.05) is 17.7 Å². The minimum atomic E-state index is -0.376. The number of hydrogen-bond donors (Lipinski definition) is 1. The number of amides is 1. The molecule has 0 atom stereocenters. The monoisotopic (exact) mass is 371 g/mol. The Hall–Kier alpha value is -2.71. The van der Waals surface area contributed by atoms with Gasteiger partial charge in [0.05, 0.1) is 10.5 Å². The zero-order valence-electron chi connectivity index (χ0n) is 12.6. The highest BCUT2D eigenvalue weighted by Crippen LogP contribution is 2.36. The van der Waals surface area contributed by atoms with E-state index in [0.29, 0.717) is 27.1 Å². The first kappa shape index (κ1) is 15.8. The van der Waals surface area contributed by atoms with Crippen molar-refractivity contribution < 1.29 is 13.6 Å². The number of halogens is 1. The first-order valence-corrected chi connectivity index (χ1v) is 8.90. The Morgan fingerprint density at radius 2 is 2.08 bits per heavy atom. The van der Waals surface area contributed by atoms with E-state index in [-0.39, 0.29) is 16.9 Å². The number of aromatic nitrogens is 1. The van der Waals surface area contributed by atoms with Gasteiger partial charge in [0.15, 0.2) is 10.3 Å². The molecule has 0 bridgehead atoms. The molecule has 1 N–H and O–H groups in total. The molecule has 0 spiro atoms. The van der Waals surface area contributed by atoms with Crippen molar-refractivity contribution in [2.24, 2.45) is 0 Å². The van der Waals surface area contributed by atoms with Crippen LogP contribution in [0.1, 0.15) is 5.76 Å². The molecule has 0 aliphatic carbocycles. The van der Waals surface area contributed by atoms with Crippen LogP contribution in [-0.4, -0.2) is 16.1 Å². The highest BCUT2D eigenvalue weighted by Gasteiger charge is 2.35. The van der Waals surface area contributed by atoms with Crippen molar-refractivity contribution in [1.29, 1.82) is 5.41 Å². The van der Waals surface area contributed by atoms with Gasteiger partial charge in [0.25, 0.3) is 5.91 Å². The van der Waals surface area contributed by atoms with Crippen LogP contribution in [0.15, 0.2) is 57.3 Å². The second-order valence-corrected chi connectivity index (χ2v) is 6.96. The highest BCUT2D eigenvalue weighted by molar-refractivity contribution is 8.19. The second kappa shape index (κ2) is 6.30. The molecule has 25 heavy (non-hydrogen) atoms. The highest BCUT2D eigenvalue weighted by atomic mass is 32.2. The number of rotatable bonds is 3. The third kappa shape index (κ3) is 2.90. The van der Waals surface area contributed by atoms with Gasteiger partial charge in [-0.2, -0.15) is 0 Å². The Morgan fingerprint density at radius 3 is 2.84 bits per heavy atom. The number of carbonyl (C=O) groups excluding carboxylic acids is 1. The average molecular weight is 371 g/mol. The number of amidine groups is 1. The third-order valence-electron chi connectivity index (χ3n) is 3.47. The molecule has 1 fully saturated rings. The lowest BCUT2D eigenvalue weighted by Crippen LogP contribution is -2.27. The van der Waals surface area contributed by atoms with Crippen molar-refractivity contribution in [3.05, 3.63) is 64.5 Å². The molecule has 3 aromatic rings. The lowest BCUT2D eigenvalue weighted by atomic mass is 10.1. The van der Waals surface area contributed by atoms with E-state index < -0.39 is 0 Å². The predicted octanol–water partition coefficient (Wildman–Crippen LogP) is 4.60. The first-order chi connectivity index (χ1) is 12.1. The number of thioether (sulfide) groups is 1. The van der Waals surface area contributed by atoms with Crippen molar-refractivity contribution >= 4 is 45.4 Å². The first-order valence-electron chi connectivity index (χ1n) is 7.20.